The first-order valence-corrected chi connectivity index (χ1v) is 17.3. The summed E-state index contributed by atoms with van der Waals surface area (Å²) in [6.07, 6.45) is -1.88. The van der Waals surface area contributed by atoms with Gasteiger partial charge >= 0.3 is 24.2 Å². The molecule has 1 aromatic carbocycles. The van der Waals surface area contributed by atoms with Crippen molar-refractivity contribution in [1.82, 2.24) is 14.7 Å². The largest absolute Gasteiger partial charge is 0.481 e. The van der Waals surface area contributed by atoms with E-state index in [1.54, 1.807) is 55.4 Å². The number of aliphatic hydroxyl groups excluding tert-OH is 2. The van der Waals surface area contributed by atoms with E-state index in [2.05, 4.69) is 0 Å². The van der Waals surface area contributed by atoms with Crippen LogP contribution >= 0.6 is 0 Å². The molecule has 3 saturated heterocycles. The fraction of sp³-hybridized carbons (Fsp3) is 0.694. The molecule has 3 N–H and O–H groups in total. The van der Waals surface area contributed by atoms with Gasteiger partial charge in [-0.2, -0.15) is 0 Å². The summed E-state index contributed by atoms with van der Waals surface area (Å²) in [7, 11) is 0. The number of hydrogen-bond acceptors (Lipinski definition) is 10. The topological polar surface area (TPSA) is 183 Å². The van der Waals surface area contributed by atoms with Gasteiger partial charge in [0.25, 0.3) is 0 Å². The van der Waals surface area contributed by atoms with Gasteiger partial charge in [-0.15, -0.1) is 0 Å². The molecule has 3 aliphatic rings. The monoisotopic (exact) mass is 705 g/mol. The van der Waals surface area contributed by atoms with Crippen LogP contribution in [0.5, 0.6) is 0 Å². The number of nitrogens with zero attached hydrogens (tertiary/aromatic N) is 3. The number of likely N-dealkylation sites (tertiary alicyclic amines) is 2. The average Bonchev–Trinajstić information content (AvgIpc) is 3.77. The van der Waals surface area contributed by atoms with Crippen molar-refractivity contribution >= 4 is 30.2 Å². The molecule has 1 aromatic rings. The molecule has 0 unspecified atom stereocenters. The van der Waals surface area contributed by atoms with Gasteiger partial charge in [-0.1, -0.05) is 37.3 Å². The van der Waals surface area contributed by atoms with E-state index >= 15 is 0 Å². The first kappa shape index (κ1) is 40.5. The molecule has 0 aliphatic carbocycles. The number of aliphatic carboxylic acids is 1. The van der Waals surface area contributed by atoms with E-state index in [4.69, 9.17) is 19.3 Å². The molecule has 50 heavy (non-hydrogen) atoms. The molecule has 14 heteroatoms. The quantitative estimate of drug-likeness (QED) is 0.326. The molecule has 0 saturated carbocycles. The number of aliphatic hydroxyl groups is 2. The van der Waals surface area contributed by atoms with Gasteiger partial charge in [-0.05, 0) is 86.6 Å². The number of rotatable bonds is 7. The van der Waals surface area contributed by atoms with Crippen LogP contribution in [0.1, 0.15) is 99.7 Å². The smallest absolute Gasteiger partial charge is 0.417 e. The number of carbonyl (C=O) groups is 5. The summed E-state index contributed by atoms with van der Waals surface area (Å²) in [6, 6.07) is 7.70. The third-order valence-corrected chi connectivity index (χ3v) is 9.08. The molecule has 3 heterocycles. The number of amides is 4. The normalized spacial score (nSPS) is 24.8. The Labute approximate surface area is 294 Å². The average molecular weight is 706 g/mol. The van der Waals surface area contributed by atoms with E-state index in [9.17, 15) is 34.2 Å². The lowest BCUT2D eigenvalue weighted by Gasteiger charge is -2.34. The molecule has 0 radical (unpaired) electrons. The summed E-state index contributed by atoms with van der Waals surface area (Å²) in [5.74, 6) is -3.38. The SMILES string of the molecule is C[C@@H](C(=O)O)[C@@H](O)[C@@H]1CCCN1C(=O)OC(C)(C)C.C[C@@H]1[C@H](c2ccccc2)OC(=O)N1C(=O)[C@H](C)[C@@H](O)[C@@H]1CCCN1C(=O)OC(C)(C)C. The molecule has 8 atom stereocenters. The number of benzene rings is 1. The maximum absolute atomic E-state index is 13.2. The molecular weight excluding hydrogens is 650 g/mol. The van der Waals surface area contributed by atoms with Gasteiger partial charge in [-0.25, -0.2) is 19.3 Å². The standard InChI is InChI=1S/C23H32N2O6.C13H23NO5/c1-14(18(26)17-12-9-13-24(17)21(28)31-23(3,4)5)20(27)25-15(2)19(30-22(25)29)16-10-7-6-8-11-16;1-8(11(16)17)10(15)9-6-5-7-14(9)12(18)19-13(2,3)4/h6-8,10-11,14-15,17-19,26H,9,12-13H2,1-5H3;8-10,15H,5-7H2,1-4H3,(H,16,17)/t14-,15-,17+,18-,19-;8-,9+,10-/m11/s1. The van der Waals surface area contributed by atoms with Crippen LogP contribution in [0.4, 0.5) is 14.4 Å². The summed E-state index contributed by atoms with van der Waals surface area (Å²) in [5.41, 5.74) is -0.454. The van der Waals surface area contributed by atoms with Crippen molar-refractivity contribution < 1.29 is 53.5 Å². The highest BCUT2D eigenvalue weighted by atomic mass is 16.6. The van der Waals surface area contributed by atoms with E-state index in [0.29, 0.717) is 32.4 Å². The second-order valence-electron chi connectivity index (χ2n) is 15.3. The van der Waals surface area contributed by atoms with Gasteiger partial charge in [0.05, 0.1) is 42.2 Å². The zero-order valence-electron chi connectivity index (χ0n) is 30.7. The van der Waals surface area contributed by atoms with E-state index < -0.39 is 89.6 Å². The number of carboxylic acids is 1. The van der Waals surface area contributed by atoms with Crippen molar-refractivity contribution in [2.24, 2.45) is 11.8 Å². The lowest BCUT2D eigenvalue weighted by Crippen LogP contribution is -2.51. The maximum atomic E-state index is 13.2. The van der Waals surface area contributed by atoms with Crippen molar-refractivity contribution in [3.05, 3.63) is 35.9 Å². The van der Waals surface area contributed by atoms with Gasteiger partial charge in [0.2, 0.25) is 5.91 Å². The highest BCUT2D eigenvalue weighted by molar-refractivity contribution is 5.95. The molecule has 3 fully saturated rings. The summed E-state index contributed by atoms with van der Waals surface area (Å²) in [4.78, 5) is 65.2. The van der Waals surface area contributed by atoms with Crippen molar-refractivity contribution in [3.63, 3.8) is 0 Å². The van der Waals surface area contributed by atoms with Crippen LogP contribution in [0.3, 0.4) is 0 Å². The fourth-order valence-corrected chi connectivity index (χ4v) is 6.41. The van der Waals surface area contributed by atoms with Gasteiger partial charge in [0.15, 0.2) is 0 Å². The van der Waals surface area contributed by atoms with E-state index in [0.717, 1.165) is 16.9 Å². The van der Waals surface area contributed by atoms with Crippen LogP contribution < -0.4 is 0 Å². The minimum absolute atomic E-state index is 0.454. The first-order valence-electron chi connectivity index (χ1n) is 17.3. The van der Waals surface area contributed by atoms with Gasteiger partial charge in [0.1, 0.15) is 17.3 Å². The number of cyclic esters (lactones) is 1. The Balaban J connectivity index is 0.000000305. The van der Waals surface area contributed by atoms with Crippen molar-refractivity contribution in [2.45, 2.75) is 136 Å². The zero-order chi connectivity index (χ0) is 37.7. The van der Waals surface area contributed by atoms with Crippen molar-refractivity contribution in [3.8, 4) is 0 Å². The number of imide groups is 1. The number of carboxylic acid groups (broad SMARTS) is 1. The highest BCUT2D eigenvalue weighted by Gasteiger charge is 2.48. The Hall–Kier alpha value is -3.91. The molecule has 0 bridgehead atoms. The molecule has 280 valence electrons. The third kappa shape index (κ3) is 10.1. The van der Waals surface area contributed by atoms with Crippen LogP contribution in [0.15, 0.2) is 30.3 Å². The molecule has 4 rings (SSSR count). The second-order valence-corrected chi connectivity index (χ2v) is 15.3. The first-order chi connectivity index (χ1) is 23.1. The summed E-state index contributed by atoms with van der Waals surface area (Å²) >= 11 is 0. The lowest BCUT2D eigenvalue weighted by atomic mass is 9.94. The lowest BCUT2D eigenvalue weighted by molar-refractivity contribution is -0.146. The Morgan fingerprint density at radius 1 is 0.800 bits per heavy atom. The van der Waals surface area contributed by atoms with Crippen molar-refractivity contribution in [2.75, 3.05) is 13.1 Å². The summed E-state index contributed by atoms with van der Waals surface area (Å²) in [5, 5.41) is 30.0. The Bertz CT molecular complexity index is 1360. The molecular formula is C36H55N3O11. The van der Waals surface area contributed by atoms with Crippen LogP contribution in [0, 0.1) is 11.8 Å². The van der Waals surface area contributed by atoms with Crippen LogP contribution in [0.25, 0.3) is 0 Å². The second kappa shape index (κ2) is 16.4. The minimum atomic E-state index is -1.13. The maximum Gasteiger partial charge on any atom is 0.417 e. The van der Waals surface area contributed by atoms with Gasteiger partial charge in [0, 0.05) is 13.1 Å². The van der Waals surface area contributed by atoms with Crippen molar-refractivity contribution in [1.29, 1.82) is 0 Å². The van der Waals surface area contributed by atoms with Gasteiger partial charge in [-0.3, -0.25) is 9.59 Å². The summed E-state index contributed by atoms with van der Waals surface area (Å²) < 4.78 is 16.2. The molecule has 4 amide bonds. The zero-order valence-corrected chi connectivity index (χ0v) is 30.7. The minimum Gasteiger partial charge on any atom is -0.481 e. The number of carbonyl (C=O) groups excluding carboxylic acids is 4. The fourth-order valence-electron chi connectivity index (χ4n) is 6.41. The van der Waals surface area contributed by atoms with Crippen LogP contribution in [-0.4, -0.2) is 115 Å². The molecule has 3 aliphatic heterocycles. The van der Waals surface area contributed by atoms with E-state index in [1.165, 1.54) is 16.7 Å². The molecule has 14 nitrogen and oxygen atoms in total. The Morgan fingerprint density at radius 2 is 1.24 bits per heavy atom. The molecule has 0 aromatic heterocycles. The van der Waals surface area contributed by atoms with E-state index in [1.807, 2.05) is 30.3 Å². The number of hydrogen-bond donors (Lipinski definition) is 3. The van der Waals surface area contributed by atoms with Gasteiger partial charge < -0.3 is 39.3 Å². The predicted octanol–water partition coefficient (Wildman–Crippen LogP) is 4.96. The van der Waals surface area contributed by atoms with Crippen LogP contribution in [0.2, 0.25) is 0 Å². The molecule has 0 spiro atoms. The third-order valence-electron chi connectivity index (χ3n) is 9.08. The predicted molar refractivity (Wildman–Crippen MR) is 182 cm³/mol. The van der Waals surface area contributed by atoms with Crippen LogP contribution in [-0.2, 0) is 23.8 Å². The highest BCUT2D eigenvalue weighted by Crippen LogP contribution is 2.35. The summed E-state index contributed by atoms with van der Waals surface area (Å²) in [6.45, 7) is 16.4. The van der Waals surface area contributed by atoms with E-state index in [-0.39, 0.29) is 0 Å². The number of ether oxygens (including phenoxy) is 3. The Kier molecular flexibility index (Phi) is 13.3. The Morgan fingerprint density at radius 3 is 1.66 bits per heavy atom.